The fourth-order valence-corrected chi connectivity index (χ4v) is 2.45. The molecule has 18 heavy (non-hydrogen) atoms. The van der Waals surface area contributed by atoms with Crippen molar-refractivity contribution in [2.75, 3.05) is 19.8 Å². The van der Waals surface area contributed by atoms with Crippen LogP contribution < -0.4 is 5.32 Å². The molecule has 1 aromatic carbocycles. The number of rotatable bonds is 5. The van der Waals surface area contributed by atoms with Gasteiger partial charge in [-0.25, -0.2) is 0 Å². The van der Waals surface area contributed by atoms with E-state index >= 15 is 0 Å². The van der Waals surface area contributed by atoms with E-state index in [4.69, 9.17) is 4.74 Å². The average molecular weight is 247 g/mol. The second-order valence-electron chi connectivity index (χ2n) is 5.28. The first kappa shape index (κ1) is 13.6. The first-order valence-corrected chi connectivity index (χ1v) is 7.19. The number of benzene rings is 1. The zero-order valence-electron chi connectivity index (χ0n) is 11.6. The minimum atomic E-state index is 0.443. The largest absolute Gasteiger partial charge is 0.381 e. The van der Waals surface area contributed by atoms with E-state index < -0.39 is 0 Å². The summed E-state index contributed by atoms with van der Waals surface area (Å²) in [5.41, 5.74) is 2.80. The molecular formula is C16H25NO. The summed E-state index contributed by atoms with van der Waals surface area (Å²) in [6, 6.07) is 9.42. The van der Waals surface area contributed by atoms with E-state index in [2.05, 4.69) is 43.4 Å². The minimum Gasteiger partial charge on any atom is -0.381 e. The van der Waals surface area contributed by atoms with Crippen molar-refractivity contribution in [2.45, 2.75) is 39.2 Å². The SMILES string of the molecule is CCc1ccc(C(C)NCC2CCOCC2)cc1. The van der Waals surface area contributed by atoms with E-state index in [9.17, 15) is 0 Å². The highest BCUT2D eigenvalue weighted by Gasteiger charge is 2.14. The third-order valence-electron chi connectivity index (χ3n) is 3.94. The first-order valence-electron chi connectivity index (χ1n) is 7.19. The van der Waals surface area contributed by atoms with Crippen molar-refractivity contribution < 1.29 is 4.74 Å². The molecule has 1 aromatic rings. The third-order valence-corrected chi connectivity index (χ3v) is 3.94. The van der Waals surface area contributed by atoms with Crippen LogP contribution in [0.2, 0.25) is 0 Å². The molecule has 0 radical (unpaired) electrons. The van der Waals surface area contributed by atoms with Gasteiger partial charge >= 0.3 is 0 Å². The van der Waals surface area contributed by atoms with Gasteiger partial charge in [-0.1, -0.05) is 31.2 Å². The van der Waals surface area contributed by atoms with Crippen LogP contribution in [0.4, 0.5) is 0 Å². The lowest BCUT2D eigenvalue weighted by Crippen LogP contribution is -2.29. The van der Waals surface area contributed by atoms with Crippen molar-refractivity contribution >= 4 is 0 Å². The van der Waals surface area contributed by atoms with Crippen LogP contribution in [-0.4, -0.2) is 19.8 Å². The first-order chi connectivity index (χ1) is 8.79. The zero-order valence-corrected chi connectivity index (χ0v) is 11.6. The van der Waals surface area contributed by atoms with Gasteiger partial charge in [-0.2, -0.15) is 0 Å². The van der Waals surface area contributed by atoms with E-state index in [1.54, 1.807) is 0 Å². The average Bonchev–Trinajstić information content (AvgIpc) is 2.46. The molecule has 0 amide bonds. The number of ether oxygens (including phenoxy) is 1. The molecule has 1 atom stereocenters. The van der Waals surface area contributed by atoms with Crippen LogP contribution in [0.15, 0.2) is 24.3 Å². The fraction of sp³-hybridized carbons (Fsp3) is 0.625. The van der Waals surface area contributed by atoms with Gasteiger partial charge in [0.2, 0.25) is 0 Å². The molecule has 1 fully saturated rings. The molecule has 0 aromatic heterocycles. The second kappa shape index (κ2) is 6.91. The summed E-state index contributed by atoms with van der Waals surface area (Å²) < 4.78 is 5.39. The topological polar surface area (TPSA) is 21.3 Å². The number of hydrogen-bond acceptors (Lipinski definition) is 2. The molecule has 0 bridgehead atoms. The predicted molar refractivity (Wildman–Crippen MR) is 75.8 cm³/mol. The number of hydrogen-bond donors (Lipinski definition) is 1. The lowest BCUT2D eigenvalue weighted by molar-refractivity contribution is 0.0656. The molecule has 1 heterocycles. The van der Waals surface area contributed by atoms with Crippen molar-refractivity contribution in [3.63, 3.8) is 0 Å². The van der Waals surface area contributed by atoms with E-state index in [0.717, 1.165) is 32.1 Å². The second-order valence-corrected chi connectivity index (χ2v) is 5.28. The number of nitrogens with one attached hydrogen (secondary N) is 1. The highest BCUT2D eigenvalue weighted by molar-refractivity contribution is 5.24. The van der Waals surface area contributed by atoms with Crippen molar-refractivity contribution in [1.29, 1.82) is 0 Å². The molecule has 2 rings (SSSR count). The Balaban J connectivity index is 1.80. The standard InChI is InChI=1S/C16H25NO/c1-3-14-4-6-16(7-5-14)13(2)17-12-15-8-10-18-11-9-15/h4-7,13,15,17H,3,8-12H2,1-2H3. The molecule has 1 saturated heterocycles. The maximum atomic E-state index is 5.39. The maximum absolute atomic E-state index is 5.39. The number of aryl methyl sites for hydroxylation is 1. The van der Waals surface area contributed by atoms with Crippen molar-refractivity contribution in [3.05, 3.63) is 35.4 Å². The Bertz CT molecular complexity index is 341. The minimum absolute atomic E-state index is 0.443. The molecule has 1 aliphatic heterocycles. The quantitative estimate of drug-likeness (QED) is 0.861. The Hall–Kier alpha value is -0.860. The highest BCUT2D eigenvalue weighted by atomic mass is 16.5. The summed E-state index contributed by atoms with van der Waals surface area (Å²) in [7, 11) is 0. The van der Waals surface area contributed by atoms with Crippen LogP contribution in [0.3, 0.4) is 0 Å². The van der Waals surface area contributed by atoms with Crippen LogP contribution in [0, 0.1) is 5.92 Å². The fourth-order valence-electron chi connectivity index (χ4n) is 2.45. The molecule has 1 unspecified atom stereocenters. The monoisotopic (exact) mass is 247 g/mol. The summed E-state index contributed by atoms with van der Waals surface area (Å²) in [6.07, 6.45) is 3.52. The van der Waals surface area contributed by atoms with Crippen molar-refractivity contribution in [1.82, 2.24) is 5.32 Å². The molecule has 0 spiro atoms. The van der Waals surface area contributed by atoms with Gasteiger partial charge in [0.15, 0.2) is 0 Å². The summed E-state index contributed by atoms with van der Waals surface area (Å²) >= 11 is 0. The highest BCUT2D eigenvalue weighted by Crippen LogP contribution is 2.17. The van der Waals surface area contributed by atoms with Gasteiger partial charge in [-0.05, 0) is 49.8 Å². The Morgan fingerprint density at radius 2 is 1.89 bits per heavy atom. The summed E-state index contributed by atoms with van der Waals surface area (Å²) in [6.45, 7) is 7.43. The molecule has 0 aliphatic carbocycles. The Kier molecular flexibility index (Phi) is 5.21. The molecule has 1 N–H and O–H groups in total. The van der Waals surface area contributed by atoms with E-state index in [1.807, 2.05) is 0 Å². The van der Waals surface area contributed by atoms with E-state index in [1.165, 1.54) is 24.0 Å². The van der Waals surface area contributed by atoms with Crippen molar-refractivity contribution in [3.8, 4) is 0 Å². The Labute approximate surface area is 111 Å². The molecule has 1 aliphatic rings. The summed E-state index contributed by atoms with van der Waals surface area (Å²) in [4.78, 5) is 0. The smallest absolute Gasteiger partial charge is 0.0469 e. The van der Waals surface area contributed by atoms with E-state index in [0.29, 0.717) is 6.04 Å². The normalized spacial score (nSPS) is 18.8. The van der Waals surface area contributed by atoms with Crippen LogP contribution in [-0.2, 0) is 11.2 Å². The zero-order chi connectivity index (χ0) is 12.8. The molecular weight excluding hydrogens is 222 g/mol. The van der Waals surface area contributed by atoms with E-state index in [-0.39, 0.29) is 0 Å². The van der Waals surface area contributed by atoms with Gasteiger partial charge in [-0.15, -0.1) is 0 Å². The summed E-state index contributed by atoms with van der Waals surface area (Å²) in [5.74, 6) is 0.788. The van der Waals surface area contributed by atoms with Gasteiger partial charge in [0.1, 0.15) is 0 Å². The Morgan fingerprint density at radius 1 is 1.22 bits per heavy atom. The van der Waals surface area contributed by atoms with Gasteiger partial charge in [-0.3, -0.25) is 0 Å². The van der Waals surface area contributed by atoms with Crippen molar-refractivity contribution in [2.24, 2.45) is 5.92 Å². The van der Waals surface area contributed by atoms with Crippen LogP contribution >= 0.6 is 0 Å². The maximum Gasteiger partial charge on any atom is 0.0469 e. The lowest BCUT2D eigenvalue weighted by atomic mass is 9.99. The predicted octanol–water partition coefficient (Wildman–Crippen LogP) is 3.33. The molecule has 100 valence electrons. The molecule has 2 nitrogen and oxygen atoms in total. The van der Waals surface area contributed by atoms with Gasteiger partial charge in [0.05, 0.1) is 0 Å². The lowest BCUT2D eigenvalue weighted by Gasteiger charge is -2.24. The summed E-state index contributed by atoms with van der Waals surface area (Å²) in [5, 5.41) is 3.65. The molecule has 2 heteroatoms. The third kappa shape index (κ3) is 3.82. The van der Waals surface area contributed by atoms with Gasteiger partial charge in [0.25, 0.3) is 0 Å². The van der Waals surface area contributed by atoms with Crippen LogP contribution in [0.5, 0.6) is 0 Å². The Morgan fingerprint density at radius 3 is 2.50 bits per heavy atom. The van der Waals surface area contributed by atoms with Crippen LogP contribution in [0.25, 0.3) is 0 Å². The van der Waals surface area contributed by atoms with Gasteiger partial charge < -0.3 is 10.1 Å². The molecule has 0 saturated carbocycles. The van der Waals surface area contributed by atoms with Crippen LogP contribution in [0.1, 0.15) is 43.9 Å². The van der Waals surface area contributed by atoms with Gasteiger partial charge in [0, 0.05) is 19.3 Å².